The molecule has 18 heavy (non-hydrogen) atoms. The highest BCUT2D eigenvalue weighted by Gasteiger charge is 2.23. The van der Waals surface area contributed by atoms with Crippen molar-refractivity contribution >= 4 is 11.6 Å². The molecule has 0 saturated carbocycles. The summed E-state index contributed by atoms with van der Waals surface area (Å²) in [5.74, 6) is -0.924. The van der Waals surface area contributed by atoms with Gasteiger partial charge in [-0.15, -0.1) is 0 Å². The predicted octanol–water partition coefficient (Wildman–Crippen LogP) is 1.69. The Morgan fingerprint density at radius 1 is 1.44 bits per heavy atom. The SMILES string of the molecule is CCC(O)(CC)CNC(=O)c1ccc(F)c(N)c1. The average molecular weight is 254 g/mol. The van der Waals surface area contributed by atoms with Crippen molar-refractivity contribution in [3.8, 4) is 0 Å². The van der Waals surface area contributed by atoms with E-state index in [9.17, 15) is 14.3 Å². The zero-order valence-corrected chi connectivity index (χ0v) is 10.7. The van der Waals surface area contributed by atoms with Crippen LogP contribution in [-0.4, -0.2) is 23.2 Å². The van der Waals surface area contributed by atoms with Crippen LogP contribution in [0.15, 0.2) is 18.2 Å². The molecule has 0 aliphatic carbocycles. The van der Waals surface area contributed by atoms with E-state index in [1.54, 1.807) is 0 Å². The maximum Gasteiger partial charge on any atom is 0.251 e. The van der Waals surface area contributed by atoms with Crippen LogP contribution in [0.3, 0.4) is 0 Å². The molecule has 0 aromatic heterocycles. The van der Waals surface area contributed by atoms with E-state index in [0.717, 1.165) is 6.07 Å². The van der Waals surface area contributed by atoms with Crippen molar-refractivity contribution in [3.63, 3.8) is 0 Å². The summed E-state index contributed by atoms with van der Waals surface area (Å²) in [4.78, 5) is 11.8. The normalized spacial score (nSPS) is 11.3. The quantitative estimate of drug-likeness (QED) is 0.700. The first-order valence-corrected chi connectivity index (χ1v) is 5.97. The molecule has 0 atom stereocenters. The Labute approximate surface area is 106 Å². The molecule has 100 valence electrons. The lowest BCUT2D eigenvalue weighted by Crippen LogP contribution is -2.42. The third kappa shape index (κ3) is 3.43. The van der Waals surface area contributed by atoms with Crippen LogP contribution >= 0.6 is 0 Å². The Hall–Kier alpha value is -1.62. The largest absolute Gasteiger partial charge is 0.396 e. The molecular weight excluding hydrogens is 235 g/mol. The van der Waals surface area contributed by atoms with E-state index in [0.29, 0.717) is 12.8 Å². The molecule has 0 unspecified atom stereocenters. The Bertz CT molecular complexity index is 431. The second-order valence-corrected chi connectivity index (χ2v) is 4.35. The highest BCUT2D eigenvalue weighted by atomic mass is 19.1. The smallest absolute Gasteiger partial charge is 0.251 e. The number of nitrogen functional groups attached to an aromatic ring is 1. The molecule has 0 heterocycles. The second kappa shape index (κ2) is 5.82. The first-order chi connectivity index (χ1) is 8.41. The summed E-state index contributed by atoms with van der Waals surface area (Å²) in [6.45, 7) is 3.87. The third-order valence-electron chi connectivity index (χ3n) is 3.15. The number of nitrogens with two attached hydrogens (primary N) is 1. The summed E-state index contributed by atoms with van der Waals surface area (Å²) in [5.41, 5.74) is 4.70. The number of nitrogens with one attached hydrogen (secondary N) is 1. The molecule has 5 heteroatoms. The zero-order valence-electron chi connectivity index (χ0n) is 10.7. The van der Waals surface area contributed by atoms with Gasteiger partial charge in [0, 0.05) is 12.1 Å². The van der Waals surface area contributed by atoms with Gasteiger partial charge in [-0.2, -0.15) is 0 Å². The van der Waals surface area contributed by atoms with Crippen LogP contribution in [0, 0.1) is 5.82 Å². The van der Waals surface area contributed by atoms with Gasteiger partial charge in [0.15, 0.2) is 0 Å². The molecule has 1 rings (SSSR count). The number of amides is 1. The van der Waals surface area contributed by atoms with Crippen LogP contribution in [0.2, 0.25) is 0 Å². The van der Waals surface area contributed by atoms with Crippen molar-refractivity contribution < 1.29 is 14.3 Å². The van der Waals surface area contributed by atoms with Gasteiger partial charge in [-0.25, -0.2) is 4.39 Å². The maximum absolute atomic E-state index is 12.9. The highest BCUT2D eigenvalue weighted by Crippen LogP contribution is 2.15. The molecule has 0 fully saturated rings. The summed E-state index contributed by atoms with van der Waals surface area (Å²) < 4.78 is 12.9. The monoisotopic (exact) mass is 254 g/mol. The first-order valence-electron chi connectivity index (χ1n) is 5.97. The van der Waals surface area contributed by atoms with Gasteiger partial charge in [0.25, 0.3) is 5.91 Å². The molecule has 0 bridgehead atoms. The minimum absolute atomic E-state index is 0.0658. The number of rotatable bonds is 5. The van der Waals surface area contributed by atoms with Crippen LogP contribution in [-0.2, 0) is 0 Å². The van der Waals surface area contributed by atoms with Crippen molar-refractivity contribution in [3.05, 3.63) is 29.6 Å². The summed E-state index contributed by atoms with van der Waals surface area (Å²) in [5, 5.41) is 12.6. The van der Waals surface area contributed by atoms with Gasteiger partial charge in [-0.05, 0) is 31.0 Å². The minimum atomic E-state index is -0.902. The van der Waals surface area contributed by atoms with Crippen molar-refractivity contribution in [2.75, 3.05) is 12.3 Å². The number of aliphatic hydroxyl groups is 1. The molecule has 0 aliphatic rings. The topological polar surface area (TPSA) is 75.3 Å². The maximum atomic E-state index is 12.9. The van der Waals surface area contributed by atoms with Crippen LogP contribution in [0.1, 0.15) is 37.0 Å². The summed E-state index contributed by atoms with van der Waals surface area (Å²) in [6, 6.07) is 3.79. The summed E-state index contributed by atoms with van der Waals surface area (Å²) >= 11 is 0. The number of halogens is 1. The van der Waals surface area contributed by atoms with Gasteiger partial charge < -0.3 is 16.2 Å². The van der Waals surface area contributed by atoms with E-state index in [-0.39, 0.29) is 23.7 Å². The van der Waals surface area contributed by atoms with Crippen molar-refractivity contribution in [2.45, 2.75) is 32.3 Å². The lowest BCUT2D eigenvalue weighted by atomic mass is 9.97. The summed E-state index contributed by atoms with van der Waals surface area (Å²) in [6.07, 6.45) is 1.10. The standard InChI is InChI=1S/C13H19FN2O2/c1-3-13(18,4-2)8-16-12(17)9-5-6-10(14)11(15)7-9/h5-7,18H,3-4,8,15H2,1-2H3,(H,16,17). The van der Waals surface area contributed by atoms with Crippen molar-refractivity contribution in [1.29, 1.82) is 0 Å². The molecule has 4 N–H and O–H groups in total. The Morgan fingerprint density at radius 3 is 2.56 bits per heavy atom. The van der Waals surface area contributed by atoms with E-state index in [1.807, 2.05) is 13.8 Å². The van der Waals surface area contributed by atoms with Crippen LogP contribution < -0.4 is 11.1 Å². The van der Waals surface area contributed by atoms with E-state index < -0.39 is 11.4 Å². The molecular formula is C13H19FN2O2. The number of hydrogen-bond donors (Lipinski definition) is 3. The lowest BCUT2D eigenvalue weighted by molar-refractivity contribution is 0.0314. The minimum Gasteiger partial charge on any atom is -0.396 e. The molecule has 0 radical (unpaired) electrons. The van der Waals surface area contributed by atoms with E-state index >= 15 is 0 Å². The third-order valence-corrected chi connectivity index (χ3v) is 3.15. The Balaban J connectivity index is 2.68. The van der Waals surface area contributed by atoms with Crippen LogP contribution in [0.4, 0.5) is 10.1 Å². The molecule has 1 aromatic rings. The molecule has 0 aliphatic heterocycles. The van der Waals surface area contributed by atoms with Gasteiger partial charge in [-0.1, -0.05) is 13.8 Å². The molecule has 1 amide bonds. The molecule has 0 saturated heterocycles. The van der Waals surface area contributed by atoms with Gasteiger partial charge >= 0.3 is 0 Å². The van der Waals surface area contributed by atoms with Crippen LogP contribution in [0.5, 0.6) is 0 Å². The molecule has 4 nitrogen and oxygen atoms in total. The highest BCUT2D eigenvalue weighted by molar-refractivity contribution is 5.95. The molecule has 1 aromatic carbocycles. The lowest BCUT2D eigenvalue weighted by Gasteiger charge is -2.25. The first kappa shape index (κ1) is 14.4. The average Bonchev–Trinajstić information content (AvgIpc) is 2.38. The number of hydrogen-bond acceptors (Lipinski definition) is 3. The Morgan fingerprint density at radius 2 is 2.06 bits per heavy atom. The van der Waals surface area contributed by atoms with Gasteiger partial charge in [-0.3, -0.25) is 4.79 Å². The zero-order chi connectivity index (χ0) is 13.8. The number of carbonyl (C=O) groups is 1. The van der Waals surface area contributed by atoms with Gasteiger partial charge in [0.05, 0.1) is 11.3 Å². The Kier molecular flexibility index (Phi) is 4.67. The fourth-order valence-electron chi connectivity index (χ4n) is 1.53. The summed E-state index contributed by atoms with van der Waals surface area (Å²) in [7, 11) is 0. The van der Waals surface area contributed by atoms with E-state index in [1.165, 1.54) is 12.1 Å². The fraction of sp³-hybridized carbons (Fsp3) is 0.462. The number of anilines is 1. The number of benzene rings is 1. The van der Waals surface area contributed by atoms with Crippen molar-refractivity contribution in [1.82, 2.24) is 5.32 Å². The number of carbonyl (C=O) groups excluding carboxylic acids is 1. The fourth-order valence-corrected chi connectivity index (χ4v) is 1.53. The molecule has 0 spiro atoms. The van der Waals surface area contributed by atoms with E-state index in [4.69, 9.17) is 5.73 Å². The van der Waals surface area contributed by atoms with Crippen LogP contribution in [0.25, 0.3) is 0 Å². The predicted molar refractivity (Wildman–Crippen MR) is 68.7 cm³/mol. The van der Waals surface area contributed by atoms with Gasteiger partial charge in [0.1, 0.15) is 5.82 Å². The van der Waals surface area contributed by atoms with Gasteiger partial charge in [0.2, 0.25) is 0 Å². The van der Waals surface area contributed by atoms with Crippen molar-refractivity contribution in [2.24, 2.45) is 0 Å². The van der Waals surface area contributed by atoms with E-state index in [2.05, 4.69) is 5.32 Å². The second-order valence-electron chi connectivity index (χ2n) is 4.35.